The van der Waals surface area contributed by atoms with E-state index < -0.39 is 5.79 Å². The van der Waals surface area contributed by atoms with Gasteiger partial charge in [-0.1, -0.05) is 19.3 Å². The average Bonchev–Trinajstić information content (AvgIpc) is 2.25. The van der Waals surface area contributed by atoms with E-state index >= 15 is 0 Å². The molecule has 0 aromatic rings. The Balaban J connectivity index is 1.76. The smallest absolute Gasteiger partial charge is 0.192 e. The molecule has 0 radical (unpaired) electrons. The summed E-state index contributed by atoms with van der Waals surface area (Å²) >= 11 is 0. The molecule has 3 nitrogen and oxygen atoms in total. The molecule has 0 aromatic heterocycles. The zero-order valence-electron chi connectivity index (χ0n) is 9.15. The number of rotatable bonds is 0. The summed E-state index contributed by atoms with van der Waals surface area (Å²) in [5, 5.41) is 10.4. The summed E-state index contributed by atoms with van der Waals surface area (Å²) in [5.41, 5.74) is 0. The molecule has 4 unspecified atom stereocenters. The average molecular weight is 212 g/mol. The van der Waals surface area contributed by atoms with Gasteiger partial charge in [-0.15, -0.1) is 0 Å². The van der Waals surface area contributed by atoms with E-state index in [-0.39, 0.29) is 18.3 Å². The van der Waals surface area contributed by atoms with Gasteiger partial charge in [-0.2, -0.15) is 0 Å². The Bertz CT molecular complexity index is 243. The van der Waals surface area contributed by atoms with E-state index in [1.165, 1.54) is 12.8 Å². The van der Waals surface area contributed by atoms with Crippen molar-refractivity contribution in [1.29, 1.82) is 0 Å². The van der Waals surface area contributed by atoms with Crippen molar-refractivity contribution in [3.63, 3.8) is 0 Å². The Morgan fingerprint density at radius 1 is 0.933 bits per heavy atom. The maximum atomic E-state index is 10.4. The third kappa shape index (κ3) is 1.71. The lowest BCUT2D eigenvalue weighted by Crippen LogP contribution is -2.59. The highest BCUT2D eigenvalue weighted by Crippen LogP contribution is 2.41. The fourth-order valence-electron chi connectivity index (χ4n) is 3.23. The molecule has 2 aliphatic carbocycles. The first-order valence-corrected chi connectivity index (χ1v) is 6.34. The molecule has 1 saturated heterocycles. The molecule has 3 heteroatoms. The van der Waals surface area contributed by atoms with Crippen LogP contribution in [0.25, 0.3) is 0 Å². The molecule has 0 amide bonds. The molecular weight excluding hydrogens is 192 g/mol. The van der Waals surface area contributed by atoms with Crippen molar-refractivity contribution >= 4 is 0 Å². The van der Waals surface area contributed by atoms with E-state index in [2.05, 4.69) is 0 Å². The second-order valence-electron chi connectivity index (χ2n) is 5.19. The quantitative estimate of drug-likeness (QED) is 0.667. The lowest BCUT2D eigenvalue weighted by Gasteiger charge is -2.50. The number of hydrogen-bond acceptors (Lipinski definition) is 3. The van der Waals surface area contributed by atoms with Gasteiger partial charge in [-0.3, -0.25) is 0 Å². The minimum Gasteiger partial charge on any atom is -0.367 e. The van der Waals surface area contributed by atoms with Crippen LogP contribution in [-0.4, -0.2) is 29.2 Å². The van der Waals surface area contributed by atoms with E-state index in [1.807, 2.05) is 0 Å². The minimum atomic E-state index is -0.962. The van der Waals surface area contributed by atoms with Crippen LogP contribution in [0.4, 0.5) is 0 Å². The molecule has 4 atom stereocenters. The van der Waals surface area contributed by atoms with Gasteiger partial charge in [0, 0.05) is 6.42 Å². The molecule has 86 valence electrons. The molecule has 1 heterocycles. The topological polar surface area (TPSA) is 38.7 Å². The Morgan fingerprint density at radius 2 is 1.67 bits per heavy atom. The third-order valence-corrected chi connectivity index (χ3v) is 4.09. The summed E-state index contributed by atoms with van der Waals surface area (Å²) in [6, 6.07) is 0. The predicted octanol–water partition coefficient (Wildman–Crippen LogP) is 1.98. The van der Waals surface area contributed by atoms with Crippen LogP contribution in [0, 0.1) is 0 Å². The fourth-order valence-corrected chi connectivity index (χ4v) is 3.23. The summed E-state index contributed by atoms with van der Waals surface area (Å²) in [4.78, 5) is 0. The first-order chi connectivity index (χ1) is 7.28. The largest absolute Gasteiger partial charge is 0.367 e. The highest BCUT2D eigenvalue weighted by molar-refractivity contribution is 4.92. The maximum absolute atomic E-state index is 10.4. The maximum Gasteiger partial charge on any atom is 0.192 e. The molecule has 2 saturated carbocycles. The first-order valence-electron chi connectivity index (χ1n) is 6.34. The number of ether oxygens (including phenoxy) is 2. The van der Waals surface area contributed by atoms with E-state index in [0.29, 0.717) is 0 Å². The summed E-state index contributed by atoms with van der Waals surface area (Å²) in [6.45, 7) is 0. The highest BCUT2D eigenvalue weighted by Gasteiger charge is 2.50. The standard InChI is InChI=1S/C12H20O3/c13-12-8-4-3-7-11(12)14-9-5-1-2-6-10(9)15-12/h9-11,13H,1-8H2. The van der Waals surface area contributed by atoms with Gasteiger partial charge in [0.25, 0.3) is 0 Å². The van der Waals surface area contributed by atoms with Crippen molar-refractivity contribution in [3.05, 3.63) is 0 Å². The summed E-state index contributed by atoms with van der Waals surface area (Å²) in [5.74, 6) is -0.962. The van der Waals surface area contributed by atoms with Crippen LogP contribution in [0.15, 0.2) is 0 Å². The summed E-state index contributed by atoms with van der Waals surface area (Å²) in [6.07, 6.45) is 8.89. The molecule has 1 aliphatic heterocycles. The van der Waals surface area contributed by atoms with E-state index in [0.717, 1.165) is 38.5 Å². The van der Waals surface area contributed by atoms with Crippen LogP contribution >= 0.6 is 0 Å². The van der Waals surface area contributed by atoms with Gasteiger partial charge >= 0.3 is 0 Å². The second-order valence-corrected chi connectivity index (χ2v) is 5.19. The van der Waals surface area contributed by atoms with Crippen LogP contribution in [0.3, 0.4) is 0 Å². The summed E-state index contributed by atoms with van der Waals surface area (Å²) in [7, 11) is 0. The van der Waals surface area contributed by atoms with Crippen molar-refractivity contribution < 1.29 is 14.6 Å². The van der Waals surface area contributed by atoms with Crippen LogP contribution < -0.4 is 0 Å². The molecule has 15 heavy (non-hydrogen) atoms. The van der Waals surface area contributed by atoms with Gasteiger partial charge in [0.1, 0.15) is 6.10 Å². The summed E-state index contributed by atoms with van der Waals surface area (Å²) < 4.78 is 11.9. The van der Waals surface area contributed by atoms with Crippen molar-refractivity contribution in [2.75, 3.05) is 0 Å². The Labute approximate surface area is 90.8 Å². The van der Waals surface area contributed by atoms with Gasteiger partial charge in [-0.25, -0.2) is 0 Å². The Morgan fingerprint density at radius 3 is 2.53 bits per heavy atom. The lowest BCUT2D eigenvalue weighted by molar-refractivity contribution is -0.364. The Hall–Kier alpha value is -0.120. The van der Waals surface area contributed by atoms with Gasteiger partial charge < -0.3 is 14.6 Å². The van der Waals surface area contributed by atoms with Crippen LogP contribution in [-0.2, 0) is 9.47 Å². The number of hydrogen-bond donors (Lipinski definition) is 1. The number of aliphatic hydroxyl groups is 1. The molecule has 1 N–H and O–H groups in total. The molecule has 0 aromatic carbocycles. The lowest BCUT2D eigenvalue weighted by atomic mass is 9.86. The van der Waals surface area contributed by atoms with E-state index in [1.54, 1.807) is 0 Å². The molecule has 3 aliphatic rings. The third-order valence-electron chi connectivity index (χ3n) is 4.09. The Kier molecular flexibility index (Phi) is 2.49. The minimum absolute atomic E-state index is 0.0643. The number of fused-ring (bicyclic) bond motifs is 2. The van der Waals surface area contributed by atoms with Crippen molar-refractivity contribution in [1.82, 2.24) is 0 Å². The van der Waals surface area contributed by atoms with Crippen molar-refractivity contribution in [3.8, 4) is 0 Å². The predicted molar refractivity (Wildman–Crippen MR) is 55.4 cm³/mol. The van der Waals surface area contributed by atoms with E-state index in [4.69, 9.17) is 9.47 Å². The van der Waals surface area contributed by atoms with Gasteiger partial charge in [0.2, 0.25) is 0 Å². The zero-order chi connectivity index (χ0) is 10.3. The normalized spacial score (nSPS) is 50.6. The molecular formula is C12H20O3. The fraction of sp³-hybridized carbons (Fsp3) is 1.00. The molecule has 0 spiro atoms. The first kappa shape index (κ1) is 10.1. The highest BCUT2D eigenvalue weighted by atomic mass is 16.7. The van der Waals surface area contributed by atoms with E-state index in [9.17, 15) is 5.11 Å². The van der Waals surface area contributed by atoms with Crippen molar-refractivity contribution in [2.45, 2.75) is 75.5 Å². The van der Waals surface area contributed by atoms with Crippen LogP contribution in [0.5, 0.6) is 0 Å². The van der Waals surface area contributed by atoms with Gasteiger partial charge in [0.05, 0.1) is 12.2 Å². The zero-order valence-corrected chi connectivity index (χ0v) is 9.15. The molecule has 3 rings (SSSR count). The van der Waals surface area contributed by atoms with Crippen molar-refractivity contribution in [2.24, 2.45) is 0 Å². The van der Waals surface area contributed by atoms with Gasteiger partial charge in [0.15, 0.2) is 5.79 Å². The van der Waals surface area contributed by atoms with Crippen LogP contribution in [0.1, 0.15) is 51.4 Å². The van der Waals surface area contributed by atoms with Gasteiger partial charge in [-0.05, 0) is 25.7 Å². The molecule has 0 bridgehead atoms. The molecule has 3 fully saturated rings. The monoisotopic (exact) mass is 212 g/mol. The second kappa shape index (κ2) is 3.72. The van der Waals surface area contributed by atoms with Crippen LogP contribution in [0.2, 0.25) is 0 Å². The SMILES string of the molecule is OC12CCCCC1OC1CCCCC1O2.